The predicted molar refractivity (Wildman–Crippen MR) is 112 cm³/mol. The molecule has 29 heavy (non-hydrogen) atoms. The Balaban J connectivity index is 1.70. The van der Waals surface area contributed by atoms with Crippen LogP contribution in [0, 0.1) is 0 Å². The third kappa shape index (κ3) is 3.79. The van der Waals surface area contributed by atoms with E-state index in [1.165, 1.54) is 47.4 Å². The van der Waals surface area contributed by atoms with Crippen molar-refractivity contribution < 1.29 is 22.4 Å². The molecule has 7 nitrogen and oxygen atoms in total. The smallest absolute Gasteiger partial charge is 0.272 e. The lowest BCUT2D eigenvalue weighted by molar-refractivity contribution is -0.119. The number of nitrogens with two attached hydrogens (primary N) is 1. The highest BCUT2D eigenvalue weighted by molar-refractivity contribution is 8.03. The average Bonchev–Trinajstić information content (AvgIpc) is 3.41. The van der Waals surface area contributed by atoms with Gasteiger partial charge in [0.2, 0.25) is 10.0 Å². The van der Waals surface area contributed by atoms with E-state index in [1.54, 1.807) is 24.5 Å². The molecule has 1 aliphatic rings. The van der Waals surface area contributed by atoms with Crippen LogP contribution in [-0.2, 0) is 25.4 Å². The van der Waals surface area contributed by atoms with Crippen molar-refractivity contribution in [2.24, 2.45) is 5.14 Å². The van der Waals surface area contributed by atoms with Crippen LogP contribution >= 0.6 is 23.1 Å². The summed E-state index contributed by atoms with van der Waals surface area (Å²) in [5, 5.41) is 6.95. The van der Waals surface area contributed by atoms with Crippen LogP contribution in [-0.4, -0.2) is 20.2 Å². The molecule has 2 aromatic heterocycles. The van der Waals surface area contributed by atoms with Crippen molar-refractivity contribution in [2.45, 2.75) is 10.6 Å². The minimum absolute atomic E-state index is 0.0980. The van der Waals surface area contributed by atoms with Gasteiger partial charge in [0.1, 0.15) is 5.76 Å². The van der Waals surface area contributed by atoms with E-state index in [0.717, 1.165) is 4.90 Å². The van der Waals surface area contributed by atoms with Crippen molar-refractivity contribution in [3.05, 3.63) is 75.7 Å². The fourth-order valence-electron chi connectivity index (χ4n) is 2.84. The first-order valence-corrected chi connectivity index (χ1v) is 11.7. The van der Waals surface area contributed by atoms with Gasteiger partial charge in [0, 0.05) is 4.88 Å². The summed E-state index contributed by atoms with van der Waals surface area (Å²) in [6.07, 6.45) is 1.55. The molecule has 10 heteroatoms. The largest absolute Gasteiger partial charge is 0.468 e. The summed E-state index contributed by atoms with van der Waals surface area (Å²) >= 11 is 2.60. The number of hydrogen-bond acceptors (Lipinski definition) is 7. The first kappa shape index (κ1) is 19.6. The molecule has 0 radical (unpaired) electrons. The number of imide groups is 1. The van der Waals surface area contributed by atoms with E-state index in [4.69, 9.17) is 9.56 Å². The fourth-order valence-corrected chi connectivity index (χ4v) is 5.19. The summed E-state index contributed by atoms with van der Waals surface area (Å²) in [7, 11) is -3.87. The number of primary sulfonamides is 1. The molecule has 0 saturated heterocycles. The number of nitrogens with zero attached hydrogens (tertiary/aromatic N) is 1. The van der Waals surface area contributed by atoms with E-state index < -0.39 is 21.8 Å². The Labute approximate surface area is 174 Å². The molecule has 1 aromatic carbocycles. The van der Waals surface area contributed by atoms with Crippen molar-refractivity contribution >= 4 is 56.2 Å². The lowest BCUT2D eigenvalue weighted by Gasteiger charge is -2.15. The highest BCUT2D eigenvalue weighted by Gasteiger charge is 2.40. The predicted octanol–water partition coefficient (Wildman–Crippen LogP) is 3.21. The molecular formula is C19H14N2O5S3. The zero-order valence-electron chi connectivity index (χ0n) is 14.8. The summed E-state index contributed by atoms with van der Waals surface area (Å²) in [5.41, 5.74) is 0.604. The number of rotatable bonds is 6. The Morgan fingerprint density at radius 3 is 2.38 bits per heavy atom. The second-order valence-corrected chi connectivity index (χ2v) is 9.53. The molecule has 1 aliphatic heterocycles. The lowest BCUT2D eigenvalue weighted by Crippen LogP contribution is -2.31. The van der Waals surface area contributed by atoms with E-state index in [-0.39, 0.29) is 10.6 Å². The third-order valence-corrected chi connectivity index (χ3v) is 7.08. The maximum absolute atomic E-state index is 13.1. The third-order valence-electron chi connectivity index (χ3n) is 4.17. The Morgan fingerprint density at radius 2 is 1.79 bits per heavy atom. The van der Waals surface area contributed by atoms with E-state index >= 15 is 0 Å². The van der Waals surface area contributed by atoms with Crippen LogP contribution < -0.4 is 10.0 Å². The molecule has 0 unspecified atom stereocenters. The van der Waals surface area contributed by atoms with Crippen molar-refractivity contribution in [3.8, 4) is 0 Å². The summed E-state index contributed by atoms with van der Waals surface area (Å²) in [6.45, 7) is 0. The summed E-state index contributed by atoms with van der Waals surface area (Å²) < 4.78 is 28.2. The van der Waals surface area contributed by atoms with E-state index in [0.29, 0.717) is 26.9 Å². The average molecular weight is 447 g/mol. The van der Waals surface area contributed by atoms with Crippen molar-refractivity contribution in [1.82, 2.24) is 0 Å². The van der Waals surface area contributed by atoms with Gasteiger partial charge in [-0.25, -0.2) is 18.5 Å². The van der Waals surface area contributed by atoms with Crippen molar-refractivity contribution in [3.63, 3.8) is 0 Å². The number of hydrogen-bond donors (Lipinski definition) is 1. The lowest BCUT2D eigenvalue weighted by atomic mass is 10.2. The second-order valence-electron chi connectivity index (χ2n) is 6.03. The van der Waals surface area contributed by atoms with Gasteiger partial charge in [-0.15, -0.1) is 23.1 Å². The van der Waals surface area contributed by atoms with E-state index in [1.807, 2.05) is 11.4 Å². The number of thiophene rings is 1. The number of benzene rings is 1. The molecule has 3 aromatic rings. The quantitative estimate of drug-likeness (QED) is 0.582. The molecule has 0 bridgehead atoms. The second kappa shape index (κ2) is 7.64. The molecule has 0 atom stereocenters. The zero-order chi connectivity index (χ0) is 20.6. The summed E-state index contributed by atoms with van der Waals surface area (Å²) in [4.78, 5) is 28.2. The molecule has 0 aliphatic carbocycles. The number of carbonyl (C=O) groups is 2. The minimum Gasteiger partial charge on any atom is -0.468 e. The Bertz CT molecular complexity index is 1200. The van der Waals surface area contributed by atoms with Gasteiger partial charge in [-0.3, -0.25) is 9.59 Å². The standard InChI is InChI=1S/C19H14N2O5S3/c20-29(24,25)14-7-5-12(6-8-14)21-18(22)16(15-4-2-10-27-15)17(19(21)23)28-11-13-3-1-9-26-13/h1-10H,11H2,(H2,20,24,25). The molecule has 0 spiro atoms. The van der Waals surface area contributed by atoms with Crippen LogP contribution in [0.15, 0.2) is 74.4 Å². The molecular weight excluding hydrogens is 432 g/mol. The van der Waals surface area contributed by atoms with Crippen LogP contribution in [0.5, 0.6) is 0 Å². The van der Waals surface area contributed by atoms with Gasteiger partial charge >= 0.3 is 0 Å². The van der Waals surface area contributed by atoms with Crippen LogP contribution in [0.25, 0.3) is 5.57 Å². The van der Waals surface area contributed by atoms with Crippen molar-refractivity contribution in [2.75, 3.05) is 4.90 Å². The number of anilines is 1. The number of thioether (sulfide) groups is 1. The molecule has 4 rings (SSSR count). The topological polar surface area (TPSA) is 111 Å². The van der Waals surface area contributed by atoms with Crippen LogP contribution in [0.4, 0.5) is 5.69 Å². The normalized spacial score (nSPS) is 14.9. The number of furan rings is 1. The van der Waals surface area contributed by atoms with Crippen LogP contribution in [0.3, 0.4) is 0 Å². The molecule has 0 saturated carbocycles. The van der Waals surface area contributed by atoms with Gasteiger partial charge in [0.05, 0.1) is 33.1 Å². The fraction of sp³-hybridized carbons (Fsp3) is 0.0526. The molecule has 2 amide bonds. The zero-order valence-corrected chi connectivity index (χ0v) is 17.2. The summed E-state index contributed by atoms with van der Waals surface area (Å²) in [5.74, 6) is 0.166. The summed E-state index contributed by atoms with van der Waals surface area (Å²) in [6, 6.07) is 12.5. The number of sulfonamides is 1. The first-order chi connectivity index (χ1) is 13.9. The van der Waals surface area contributed by atoms with Crippen LogP contribution in [0.1, 0.15) is 10.6 Å². The molecule has 0 fully saturated rings. The van der Waals surface area contributed by atoms with Gasteiger partial charge in [-0.05, 0) is 47.8 Å². The van der Waals surface area contributed by atoms with Gasteiger partial charge in [-0.1, -0.05) is 6.07 Å². The minimum atomic E-state index is -3.87. The first-order valence-electron chi connectivity index (χ1n) is 8.31. The molecule has 3 heterocycles. The van der Waals surface area contributed by atoms with Gasteiger partial charge in [-0.2, -0.15) is 0 Å². The van der Waals surface area contributed by atoms with Gasteiger partial charge < -0.3 is 4.42 Å². The Morgan fingerprint density at radius 1 is 1.03 bits per heavy atom. The van der Waals surface area contributed by atoms with E-state index in [2.05, 4.69) is 0 Å². The SMILES string of the molecule is NS(=O)(=O)c1ccc(N2C(=O)C(SCc3ccco3)=C(c3cccs3)C2=O)cc1. The van der Waals surface area contributed by atoms with Crippen LogP contribution in [0.2, 0.25) is 0 Å². The molecule has 2 N–H and O–H groups in total. The highest BCUT2D eigenvalue weighted by Crippen LogP contribution is 2.40. The number of carbonyl (C=O) groups excluding carboxylic acids is 2. The Kier molecular flexibility index (Phi) is 5.17. The van der Waals surface area contributed by atoms with E-state index in [9.17, 15) is 18.0 Å². The maximum Gasteiger partial charge on any atom is 0.272 e. The highest BCUT2D eigenvalue weighted by atomic mass is 32.2. The Hall–Kier alpha value is -2.66. The number of amides is 2. The maximum atomic E-state index is 13.1. The monoisotopic (exact) mass is 446 g/mol. The van der Waals surface area contributed by atoms with Gasteiger partial charge in [0.25, 0.3) is 11.8 Å². The molecule has 148 valence electrons. The van der Waals surface area contributed by atoms with Crippen molar-refractivity contribution in [1.29, 1.82) is 0 Å². The van der Waals surface area contributed by atoms with Gasteiger partial charge in [0.15, 0.2) is 0 Å².